The highest BCUT2D eigenvalue weighted by atomic mass is 16.2. The third-order valence-electron chi connectivity index (χ3n) is 5.04. The Kier molecular flexibility index (Phi) is 3.88. The zero-order chi connectivity index (χ0) is 16.7. The second kappa shape index (κ2) is 6.05. The van der Waals surface area contributed by atoms with Crippen molar-refractivity contribution in [2.75, 3.05) is 6.54 Å². The minimum absolute atomic E-state index is 0.188. The number of aromatic nitrogens is 4. The minimum Gasteiger partial charge on any atom is -0.350 e. The molecule has 0 spiro atoms. The van der Waals surface area contributed by atoms with Crippen molar-refractivity contribution >= 4 is 5.91 Å². The van der Waals surface area contributed by atoms with Crippen LogP contribution in [0.25, 0.3) is 0 Å². The van der Waals surface area contributed by atoms with Crippen LogP contribution in [-0.4, -0.2) is 36.7 Å². The first-order valence-electron chi connectivity index (χ1n) is 8.65. The maximum Gasteiger partial charge on any atom is 0.223 e. The lowest BCUT2D eigenvalue weighted by molar-refractivity contribution is -0.122. The normalized spacial score (nSPS) is 20.8. The summed E-state index contributed by atoms with van der Waals surface area (Å²) in [6.07, 6.45) is 7.97. The Bertz CT molecular complexity index is 744. The van der Waals surface area contributed by atoms with Crippen LogP contribution in [0.4, 0.5) is 0 Å². The fraction of sp³-hybridized carbons (Fsp3) is 0.588. The van der Waals surface area contributed by atoms with E-state index in [4.69, 9.17) is 0 Å². The predicted molar refractivity (Wildman–Crippen MR) is 88.8 cm³/mol. The standard InChI is InChI=1S/C17H24N6O/c1-12-16-18-8-15(9-19-17(24)14-3-4-14)23(16)6-5-22(12)11-13-7-20-21(2)10-13/h7-8,10,12,14H,3-6,9,11H2,1-2H3,(H,19,24). The van der Waals surface area contributed by atoms with E-state index in [0.717, 1.165) is 44.0 Å². The summed E-state index contributed by atoms with van der Waals surface area (Å²) < 4.78 is 4.10. The van der Waals surface area contributed by atoms with Crippen LogP contribution >= 0.6 is 0 Å². The van der Waals surface area contributed by atoms with Gasteiger partial charge in [0.1, 0.15) is 5.82 Å². The molecule has 0 bridgehead atoms. The van der Waals surface area contributed by atoms with E-state index in [-0.39, 0.29) is 17.9 Å². The van der Waals surface area contributed by atoms with Crippen molar-refractivity contribution in [3.63, 3.8) is 0 Å². The number of aryl methyl sites for hydroxylation is 1. The number of amides is 1. The quantitative estimate of drug-likeness (QED) is 0.896. The van der Waals surface area contributed by atoms with Gasteiger partial charge in [-0.1, -0.05) is 0 Å². The highest BCUT2D eigenvalue weighted by Gasteiger charge is 2.30. The maximum absolute atomic E-state index is 11.8. The summed E-state index contributed by atoms with van der Waals surface area (Å²) in [6, 6.07) is 0.256. The van der Waals surface area contributed by atoms with Gasteiger partial charge in [0.2, 0.25) is 5.91 Å². The third-order valence-corrected chi connectivity index (χ3v) is 5.04. The van der Waals surface area contributed by atoms with Gasteiger partial charge in [0.05, 0.1) is 30.7 Å². The molecule has 7 nitrogen and oxygen atoms in total. The molecule has 7 heteroatoms. The molecule has 0 radical (unpaired) electrons. The van der Waals surface area contributed by atoms with E-state index in [9.17, 15) is 4.79 Å². The molecular formula is C17H24N6O. The molecule has 1 atom stereocenters. The Morgan fingerprint density at radius 3 is 2.88 bits per heavy atom. The number of imidazole rings is 1. The number of nitrogens with zero attached hydrogens (tertiary/aromatic N) is 5. The first-order valence-corrected chi connectivity index (χ1v) is 8.65. The lowest BCUT2D eigenvalue weighted by atomic mass is 10.2. The van der Waals surface area contributed by atoms with Crippen molar-refractivity contribution in [2.45, 2.75) is 45.4 Å². The van der Waals surface area contributed by atoms with Crippen LogP contribution in [0.2, 0.25) is 0 Å². The first kappa shape index (κ1) is 15.4. The maximum atomic E-state index is 11.8. The van der Waals surface area contributed by atoms with Gasteiger partial charge in [-0.05, 0) is 19.8 Å². The van der Waals surface area contributed by atoms with Crippen molar-refractivity contribution in [1.29, 1.82) is 0 Å². The molecular weight excluding hydrogens is 304 g/mol. The zero-order valence-electron chi connectivity index (χ0n) is 14.3. The molecule has 1 amide bonds. The number of nitrogens with one attached hydrogen (secondary N) is 1. The number of hydrogen-bond acceptors (Lipinski definition) is 4. The molecule has 1 N–H and O–H groups in total. The molecule has 1 saturated carbocycles. The molecule has 1 aliphatic carbocycles. The number of rotatable bonds is 5. The van der Waals surface area contributed by atoms with Gasteiger partial charge >= 0.3 is 0 Å². The van der Waals surface area contributed by atoms with Gasteiger partial charge in [-0.25, -0.2) is 4.98 Å². The lowest BCUT2D eigenvalue weighted by Gasteiger charge is -2.34. The predicted octanol–water partition coefficient (Wildman–Crippen LogP) is 1.22. The fourth-order valence-corrected chi connectivity index (χ4v) is 3.42. The third kappa shape index (κ3) is 2.96. The van der Waals surface area contributed by atoms with E-state index in [1.807, 2.05) is 24.1 Å². The summed E-state index contributed by atoms with van der Waals surface area (Å²) in [5, 5.41) is 7.29. The van der Waals surface area contributed by atoms with Gasteiger partial charge in [-0.3, -0.25) is 14.4 Å². The van der Waals surface area contributed by atoms with E-state index < -0.39 is 0 Å². The Morgan fingerprint density at radius 2 is 2.17 bits per heavy atom. The van der Waals surface area contributed by atoms with Gasteiger partial charge in [0.15, 0.2) is 0 Å². The van der Waals surface area contributed by atoms with Crippen LogP contribution in [0, 0.1) is 5.92 Å². The average Bonchev–Trinajstić information content (AvgIpc) is 3.22. The Hall–Kier alpha value is -2.15. The SMILES string of the molecule is CC1c2ncc(CNC(=O)C3CC3)n2CCN1Cc1cnn(C)c1. The van der Waals surface area contributed by atoms with Crippen LogP contribution in [0.3, 0.4) is 0 Å². The highest BCUT2D eigenvalue weighted by molar-refractivity contribution is 5.80. The summed E-state index contributed by atoms with van der Waals surface area (Å²) in [7, 11) is 1.94. The molecule has 1 unspecified atom stereocenters. The molecule has 1 fully saturated rings. The smallest absolute Gasteiger partial charge is 0.223 e. The van der Waals surface area contributed by atoms with E-state index >= 15 is 0 Å². The van der Waals surface area contributed by atoms with Gasteiger partial charge in [0.25, 0.3) is 0 Å². The summed E-state index contributed by atoms with van der Waals surface area (Å²) in [5.41, 5.74) is 2.33. The van der Waals surface area contributed by atoms with Crippen LogP contribution in [0.5, 0.6) is 0 Å². The monoisotopic (exact) mass is 328 g/mol. The van der Waals surface area contributed by atoms with Crippen LogP contribution < -0.4 is 5.32 Å². The van der Waals surface area contributed by atoms with Crippen LogP contribution in [0.1, 0.15) is 42.9 Å². The Labute approximate surface area is 141 Å². The van der Waals surface area contributed by atoms with Crippen LogP contribution in [-0.2, 0) is 31.5 Å². The summed E-state index contributed by atoms with van der Waals surface area (Å²) in [6.45, 7) is 5.55. The van der Waals surface area contributed by atoms with Crippen molar-refractivity contribution in [3.8, 4) is 0 Å². The summed E-state index contributed by atoms with van der Waals surface area (Å²) in [4.78, 5) is 18.9. The second-order valence-corrected chi connectivity index (χ2v) is 6.92. The Morgan fingerprint density at radius 1 is 1.33 bits per heavy atom. The van der Waals surface area contributed by atoms with Crippen molar-refractivity contribution < 1.29 is 4.79 Å². The fourth-order valence-electron chi connectivity index (χ4n) is 3.42. The molecule has 24 heavy (non-hydrogen) atoms. The molecule has 1 aliphatic heterocycles. The van der Waals surface area contributed by atoms with E-state index in [1.54, 1.807) is 0 Å². The van der Waals surface area contributed by atoms with Gasteiger partial charge in [-0.15, -0.1) is 0 Å². The zero-order valence-corrected chi connectivity index (χ0v) is 14.3. The lowest BCUT2D eigenvalue weighted by Crippen LogP contribution is -2.37. The van der Waals surface area contributed by atoms with Gasteiger partial charge in [0, 0.05) is 44.4 Å². The topological polar surface area (TPSA) is 68.0 Å². The minimum atomic E-state index is 0.188. The van der Waals surface area contributed by atoms with Crippen molar-refractivity contribution in [1.82, 2.24) is 29.5 Å². The molecule has 2 aromatic heterocycles. The van der Waals surface area contributed by atoms with E-state index in [0.29, 0.717) is 6.54 Å². The van der Waals surface area contributed by atoms with Crippen molar-refractivity contribution in [3.05, 3.63) is 35.7 Å². The Balaban J connectivity index is 1.43. The van der Waals surface area contributed by atoms with E-state index in [2.05, 4.69) is 38.0 Å². The largest absolute Gasteiger partial charge is 0.350 e. The molecule has 3 heterocycles. The number of carbonyl (C=O) groups is 1. The number of fused-ring (bicyclic) bond motifs is 1. The molecule has 4 rings (SSSR count). The van der Waals surface area contributed by atoms with Crippen LogP contribution in [0.15, 0.2) is 18.6 Å². The first-order chi connectivity index (χ1) is 11.6. The summed E-state index contributed by atoms with van der Waals surface area (Å²) >= 11 is 0. The van der Waals surface area contributed by atoms with Gasteiger partial charge in [-0.2, -0.15) is 5.10 Å². The molecule has 128 valence electrons. The number of carbonyl (C=O) groups excluding carboxylic acids is 1. The molecule has 2 aromatic rings. The molecule has 0 aromatic carbocycles. The van der Waals surface area contributed by atoms with E-state index in [1.165, 1.54) is 5.56 Å². The average molecular weight is 328 g/mol. The summed E-state index contributed by atoms with van der Waals surface area (Å²) in [5.74, 6) is 1.52. The molecule has 2 aliphatic rings. The van der Waals surface area contributed by atoms with Gasteiger partial charge < -0.3 is 9.88 Å². The number of hydrogen-bond donors (Lipinski definition) is 1. The molecule has 0 saturated heterocycles. The van der Waals surface area contributed by atoms with Crippen molar-refractivity contribution in [2.24, 2.45) is 13.0 Å². The second-order valence-electron chi connectivity index (χ2n) is 6.92. The highest BCUT2D eigenvalue weighted by Crippen LogP contribution is 2.29.